The first kappa shape index (κ1) is 15.1. The highest BCUT2D eigenvalue weighted by Crippen LogP contribution is 2.12. The molecule has 8 heteroatoms. The number of ether oxygens (including phenoxy) is 1. The van der Waals surface area contributed by atoms with E-state index in [9.17, 15) is 14.4 Å². The van der Waals surface area contributed by atoms with Gasteiger partial charge in [0.2, 0.25) is 0 Å². The Labute approximate surface area is 113 Å². The number of carboxylic acid groups (broad SMARTS) is 1. The van der Waals surface area contributed by atoms with Crippen molar-refractivity contribution in [2.75, 3.05) is 7.11 Å². The molecule has 0 aliphatic carbocycles. The molecular formula is C11H14N2O5S. The molecular weight excluding hydrogens is 272 g/mol. The van der Waals surface area contributed by atoms with Gasteiger partial charge in [0.05, 0.1) is 18.3 Å². The van der Waals surface area contributed by atoms with Gasteiger partial charge in [0.15, 0.2) is 0 Å². The second-order valence-corrected chi connectivity index (χ2v) is 4.96. The molecule has 0 radical (unpaired) electrons. The Bertz CT molecular complexity index is 485. The number of amides is 1. The number of hydrogen-bond donors (Lipinski definition) is 2. The molecule has 104 valence electrons. The third kappa shape index (κ3) is 4.66. The molecule has 0 saturated carbocycles. The zero-order chi connectivity index (χ0) is 14.4. The second kappa shape index (κ2) is 6.83. The summed E-state index contributed by atoms with van der Waals surface area (Å²) >= 11 is 1.17. The smallest absolute Gasteiger partial charge is 0.326 e. The van der Waals surface area contributed by atoms with Gasteiger partial charge in [0, 0.05) is 6.42 Å². The third-order valence-corrected chi connectivity index (χ3v) is 3.22. The molecule has 7 nitrogen and oxygen atoms in total. The summed E-state index contributed by atoms with van der Waals surface area (Å²) in [5, 5.41) is 12.0. The van der Waals surface area contributed by atoms with Crippen molar-refractivity contribution in [3.8, 4) is 0 Å². The Morgan fingerprint density at radius 2 is 2.21 bits per heavy atom. The number of esters is 1. The monoisotopic (exact) mass is 286 g/mol. The molecule has 1 aromatic rings. The van der Waals surface area contributed by atoms with Crippen LogP contribution in [-0.2, 0) is 14.3 Å². The Morgan fingerprint density at radius 1 is 1.53 bits per heavy atom. The Balaban J connectivity index is 2.61. The van der Waals surface area contributed by atoms with E-state index in [2.05, 4.69) is 15.0 Å². The van der Waals surface area contributed by atoms with Crippen LogP contribution in [0.3, 0.4) is 0 Å². The van der Waals surface area contributed by atoms with Gasteiger partial charge < -0.3 is 15.2 Å². The Morgan fingerprint density at radius 3 is 2.68 bits per heavy atom. The lowest BCUT2D eigenvalue weighted by molar-refractivity contribution is -0.142. The van der Waals surface area contributed by atoms with Crippen LogP contribution in [0, 0.1) is 6.92 Å². The number of carbonyl (C=O) groups excluding carboxylic acids is 2. The number of rotatable bonds is 6. The number of hydrogen-bond acceptors (Lipinski definition) is 6. The van der Waals surface area contributed by atoms with Crippen molar-refractivity contribution in [2.45, 2.75) is 25.8 Å². The minimum absolute atomic E-state index is 0.0223. The molecule has 19 heavy (non-hydrogen) atoms. The molecule has 1 atom stereocenters. The van der Waals surface area contributed by atoms with Crippen LogP contribution in [0.1, 0.15) is 27.5 Å². The first-order valence-electron chi connectivity index (χ1n) is 5.47. The SMILES string of the molecule is COC(=O)CC[C@@H](NC(=O)c1cnc(C)s1)C(=O)O. The lowest BCUT2D eigenvalue weighted by Gasteiger charge is -2.12. The molecule has 0 spiro atoms. The summed E-state index contributed by atoms with van der Waals surface area (Å²) in [5.41, 5.74) is 0. The number of methoxy groups -OCH3 is 1. The molecule has 1 heterocycles. The van der Waals surface area contributed by atoms with Gasteiger partial charge in [0.1, 0.15) is 10.9 Å². The molecule has 0 fully saturated rings. The van der Waals surface area contributed by atoms with Crippen LogP contribution in [-0.4, -0.2) is 41.1 Å². The molecule has 0 unspecified atom stereocenters. The maximum absolute atomic E-state index is 11.8. The van der Waals surface area contributed by atoms with Crippen LogP contribution < -0.4 is 5.32 Å². The number of thiazole rings is 1. The predicted molar refractivity (Wildman–Crippen MR) is 67.0 cm³/mol. The maximum atomic E-state index is 11.8. The van der Waals surface area contributed by atoms with Crippen molar-refractivity contribution in [1.29, 1.82) is 0 Å². The minimum atomic E-state index is -1.20. The van der Waals surface area contributed by atoms with Crippen LogP contribution in [0.5, 0.6) is 0 Å². The zero-order valence-electron chi connectivity index (χ0n) is 10.5. The number of carbonyl (C=O) groups is 3. The van der Waals surface area contributed by atoms with E-state index >= 15 is 0 Å². The molecule has 0 saturated heterocycles. The third-order valence-electron chi connectivity index (χ3n) is 2.31. The summed E-state index contributed by atoms with van der Waals surface area (Å²) in [6.07, 6.45) is 1.29. The summed E-state index contributed by atoms with van der Waals surface area (Å²) in [6, 6.07) is -1.13. The van der Waals surface area contributed by atoms with Gasteiger partial charge in [-0.05, 0) is 13.3 Å². The van der Waals surface area contributed by atoms with Crippen LogP contribution in [0.2, 0.25) is 0 Å². The van der Waals surface area contributed by atoms with Crippen molar-refractivity contribution >= 4 is 29.2 Å². The highest BCUT2D eigenvalue weighted by atomic mass is 32.1. The average Bonchev–Trinajstić information content (AvgIpc) is 2.80. The van der Waals surface area contributed by atoms with E-state index in [4.69, 9.17) is 5.11 Å². The fourth-order valence-corrected chi connectivity index (χ4v) is 2.00. The molecule has 0 aliphatic heterocycles. The molecule has 2 N–H and O–H groups in total. The fraction of sp³-hybridized carbons (Fsp3) is 0.455. The van der Waals surface area contributed by atoms with E-state index in [1.165, 1.54) is 24.6 Å². The molecule has 0 bridgehead atoms. The van der Waals surface area contributed by atoms with Crippen molar-refractivity contribution in [1.82, 2.24) is 10.3 Å². The summed E-state index contributed by atoms with van der Waals surface area (Å²) in [4.78, 5) is 38.0. The van der Waals surface area contributed by atoms with E-state index < -0.39 is 23.9 Å². The van der Waals surface area contributed by atoms with E-state index in [0.29, 0.717) is 9.88 Å². The first-order chi connectivity index (χ1) is 8.93. The fourth-order valence-electron chi connectivity index (χ4n) is 1.32. The lowest BCUT2D eigenvalue weighted by Crippen LogP contribution is -2.40. The van der Waals surface area contributed by atoms with Gasteiger partial charge in [0.25, 0.3) is 5.91 Å². The van der Waals surface area contributed by atoms with E-state index in [1.807, 2.05) is 0 Å². The van der Waals surface area contributed by atoms with E-state index in [1.54, 1.807) is 6.92 Å². The topological polar surface area (TPSA) is 106 Å². The summed E-state index contributed by atoms with van der Waals surface area (Å²) < 4.78 is 4.42. The lowest BCUT2D eigenvalue weighted by atomic mass is 10.1. The molecule has 0 aromatic carbocycles. The number of aliphatic carboxylic acids is 1. The summed E-state index contributed by atoms with van der Waals surface area (Å²) in [7, 11) is 1.22. The standard InChI is InChI=1S/C11H14N2O5S/c1-6-12-5-8(19-6)10(15)13-7(11(16)17)3-4-9(14)18-2/h5,7H,3-4H2,1-2H3,(H,13,15)(H,16,17)/t7-/m1/s1. The van der Waals surface area contributed by atoms with Gasteiger partial charge in [-0.15, -0.1) is 11.3 Å². The summed E-state index contributed by atoms with van der Waals surface area (Å²) in [6.45, 7) is 1.74. The average molecular weight is 286 g/mol. The predicted octanol–water partition coefficient (Wildman–Crippen LogP) is 0.588. The Kier molecular flexibility index (Phi) is 5.43. The van der Waals surface area contributed by atoms with Crippen LogP contribution in [0.15, 0.2) is 6.20 Å². The van der Waals surface area contributed by atoms with Crippen molar-refractivity contribution in [3.05, 3.63) is 16.1 Å². The van der Waals surface area contributed by atoms with Gasteiger partial charge in [-0.25, -0.2) is 9.78 Å². The van der Waals surface area contributed by atoms with Crippen LogP contribution >= 0.6 is 11.3 Å². The van der Waals surface area contributed by atoms with Gasteiger partial charge in [-0.2, -0.15) is 0 Å². The number of aromatic nitrogens is 1. The number of aryl methyl sites for hydroxylation is 1. The Hall–Kier alpha value is -1.96. The van der Waals surface area contributed by atoms with Crippen LogP contribution in [0.25, 0.3) is 0 Å². The van der Waals surface area contributed by atoms with E-state index in [0.717, 1.165) is 0 Å². The van der Waals surface area contributed by atoms with Gasteiger partial charge >= 0.3 is 11.9 Å². The molecule has 1 rings (SSSR count). The maximum Gasteiger partial charge on any atom is 0.326 e. The minimum Gasteiger partial charge on any atom is -0.480 e. The number of nitrogens with zero attached hydrogens (tertiary/aromatic N) is 1. The largest absolute Gasteiger partial charge is 0.480 e. The van der Waals surface area contributed by atoms with Gasteiger partial charge in [-0.1, -0.05) is 0 Å². The molecule has 0 aliphatic rings. The zero-order valence-corrected chi connectivity index (χ0v) is 11.3. The van der Waals surface area contributed by atoms with E-state index in [-0.39, 0.29) is 12.8 Å². The number of carboxylic acids is 1. The second-order valence-electron chi connectivity index (χ2n) is 3.72. The summed E-state index contributed by atoms with van der Waals surface area (Å²) in [5.74, 6) is -2.23. The van der Waals surface area contributed by atoms with Crippen LogP contribution in [0.4, 0.5) is 0 Å². The van der Waals surface area contributed by atoms with Crippen molar-refractivity contribution < 1.29 is 24.2 Å². The quantitative estimate of drug-likeness (QED) is 0.741. The van der Waals surface area contributed by atoms with Crippen molar-refractivity contribution in [2.24, 2.45) is 0 Å². The highest BCUT2D eigenvalue weighted by molar-refractivity contribution is 7.13. The highest BCUT2D eigenvalue weighted by Gasteiger charge is 2.22. The first-order valence-corrected chi connectivity index (χ1v) is 6.28. The molecule has 1 aromatic heterocycles. The molecule has 1 amide bonds. The van der Waals surface area contributed by atoms with Gasteiger partial charge in [-0.3, -0.25) is 9.59 Å². The van der Waals surface area contributed by atoms with Crippen molar-refractivity contribution in [3.63, 3.8) is 0 Å². The normalized spacial score (nSPS) is 11.7. The number of nitrogens with one attached hydrogen (secondary N) is 1.